The van der Waals surface area contributed by atoms with Crippen LogP contribution in [-0.4, -0.2) is 37.4 Å². The molecule has 1 heterocycles. The summed E-state index contributed by atoms with van der Waals surface area (Å²) in [6, 6.07) is 15.0. The number of hydrazone groups is 1. The maximum atomic E-state index is 4.65. The van der Waals surface area contributed by atoms with Crippen LogP contribution in [0.15, 0.2) is 52.0 Å². The molecule has 3 nitrogen and oxygen atoms in total. The van der Waals surface area contributed by atoms with Gasteiger partial charge in [-0.3, -0.25) is 5.01 Å². The molecule has 0 unspecified atom stereocenters. The van der Waals surface area contributed by atoms with Gasteiger partial charge in [0.2, 0.25) is 0 Å². The first kappa shape index (κ1) is 17.2. The highest BCUT2D eigenvalue weighted by molar-refractivity contribution is 9.10. The first-order valence-electron chi connectivity index (χ1n) is 8.55. The van der Waals surface area contributed by atoms with Crippen LogP contribution in [0.5, 0.6) is 0 Å². The van der Waals surface area contributed by atoms with Gasteiger partial charge in [0, 0.05) is 15.6 Å². The molecule has 1 aliphatic heterocycles. The summed E-state index contributed by atoms with van der Waals surface area (Å²) in [6.45, 7) is 9.81. The number of aryl methyl sites for hydroxylation is 2. The average Bonchev–Trinajstić information content (AvgIpc) is 2.58. The third-order valence-corrected chi connectivity index (χ3v) is 5.37. The molecule has 0 spiro atoms. The predicted molar refractivity (Wildman–Crippen MR) is 104 cm³/mol. The number of hydrogen-bond donors (Lipinski definition) is 1. The van der Waals surface area contributed by atoms with Gasteiger partial charge in [0.15, 0.2) is 0 Å². The average molecular weight is 387 g/mol. The summed E-state index contributed by atoms with van der Waals surface area (Å²) >= 11 is 3.57. The first-order valence-corrected chi connectivity index (χ1v) is 9.34. The Morgan fingerprint density at radius 3 is 2.58 bits per heavy atom. The van der Waals surface area contributed by atoms with E-state index in [-0.39, 0.29) is 0 Å². The minimum absolute atomic E-state index is 1.02. The van der Waals surface area contributed by atoms with Gasteiger partial charge in [0.05, 0.1) is 32.4 Å². The van der Waals surface area contributed by atoms with E-state index in [0.29, 0.717) is 0 Å². The van der Waals surface area contributed by atoms with Gasteiger partial charge in [-0.15, -0.1) is 0 Å². The Kier molecular flexibility index (Phi) is 5.69. The Morgan fingerprint density at radius 1 is 1.12 bits per heavy atom. The van der Waals surface area contributed by atoms with Crippen LogP contribution < -0.4 is 4.90 Å². The lowest BCUT2D eigenvalue weighted by Gasteiger charge is -2.30. The van der Waals surface area contributed by atoms with Gasteiger partial charge in [0.1, 0.15) is 6.54 Å². The molecule has 2 aromatic rings. The Hall–Kier alpha value is -1.65. The summed E-state index contributed by atoms with van der Waals surface area (Å²) in [5, 5.41) is 6.84. The topological polar surface area (TPSA) is 20.0 Å². The van der Waals surface area contributed by atoms with Gasteiger partial charge in [-0.05, 0) is 25.5 Å². The molecule has 0 aliphatic carbocycles. The molecule has 4 heteroatoms. The van der Waals surface area contributed by atoms with Gasteiger partial charge >= 0.3 is 0 Å². The number of nitrogens with one attached hydrogen (secondary N) is 1. The molecule has 0 radical (unpaired) electrons. The zero-order chi connectivity index (χ0) is 16.9. The molecular formula is C20H25BrN3+. The molecule has 24 heavy (non-hydrogen) atoms. The Labute approximate surface area is 153 Å². The minimum Gasteiger partial charge on any atom is -0.328 e. The van der Waals surface area contributed by atoms with Crippen molar-refractivity contribution < 1.29 is 4.90 Å². The number of rotatable bonds is 4. The zero-order valence-electron chi connectivity index (χ0n) is 14.4. The smallest absolute Gasteiger partial charge is 0.103 e. The van der Waals surface area contributed by atoms with E-state index < -0.39 is 0 Å². The van der Waals surface area contributed by atoms with E-state index in [1.807, 2.05) is 24.4 Å². The summed E-state index contributed by atoms with van der Waals surface area (Å²) in [5.41, 5.74) is 5.36. The van der Waals surface area contributed by atoms with Crippen LogP contribution in [0.3, 0.4) is 0 Å². The highest BCUT2D eigenvalue weighted by atomic mass is 79.9. The monoisotopic (exact) mass is 386 g/mol. The molecule has 0 atom stereocenters. The molecule has 0 aromatic heterocycles. The number of benzene rings is 2. The lowest BCUT2D eigenvalue weighted by Crippen LogP contribution is -3.13. The van der Waals surface area contributed by atoms with Gasteiger partial charge < -0.3 is 4.90 Å². The summed E-state index contributed by atoms with van der Waals surface area (Å²) in [5.74, 6) is 0. The normalized spacial score (nSPS) is 16.0. The van der Waals surface area contributed by atoms with Crippen molar-refractivity contribution in [1.82, 2.24) is 5.01 Å². The Morgan fingerprint density at radius 2 is 1.88 bits per heavy atom. The zero-order valence-corrected chi connectivity index (χ0v) is 16.0. The van der Waals surface area contributed by atoms with Crippen LogP contribution in [-0.2, 0) is 6.54 Å². The van der Waals surface area contributed by atoms with Gasteiger partial charge in [-0.2, -0.15) is 5.10 Å². The summed E-state index contributed by atoms with van der Waals surface area (Å²) in [4.78, 5) is 1.65. The van der Waals surface area contributed by atoms with E-state index in [2.05, 4.69) is 64.2 Å². The van der Waals surface area contributed by atoms with Crippen molar-refractivity contribution in [2.45, 2.75) is 20.4 Å². The molecule has 0 saturated carbocycles. The maximum absolute atomic E-state index is 4.65. The third-order valence-electron chi connectivity index (χ3n) is 4.65. The van der Waals surface area contributed by atoms with Crippen LogP contribution in [0.4, 0.5) is 0 Å². The lowest BCUT2D eigenvalue weighted by atomic mass is 10.1. The molecule has 2 aromatic carbocycles. The standard InChI is InChI=1S/C20H24BrN3/c1-16-7-8-19(17(2)13-16)15-23-9-11-24(12-10-23)22-14-18-5-3-4-6-20(18)21/h3-8,13-14H,9-12,15H2,1-2H3/p+1. The van der Waals surface area contributed by atoms with Crippen LogP contribution in [0, 0.1) is 13.8 Å². The predicted octanol–water partition coefficient (Wildman–Crippen LogP) is 2.80. The number of hydrogen-bond acceptors (Lipinski definition) is 2. The molecule has 126 valence electrons. The van der Waals surface area contributed by atoms with Gasteiger partial charge in [-0.25, -0.2) is 0 Å². The van der Waals surface area contributed by atoms with E-state index in [0.717, 1.165) is 42.8 Å². The Bertz CT molecular complexity index is 719. The highest BCUT2D eigenvalue weighted by Gasteiger charge is 2.19. The molecule has 0 amide bonds. The second kappa shape index (κ2) is 7.95. The highest BCUT2D eigenvalue weighted by Crippen LogP contribution is 2.13. The van der Waals surface area contributed by atoms with Crippen molar-refractivity contribution >= 4 is 22.1 Å². The minimum atomic E-state index is 1.02. The summed E-state index contributed by atoms with van der Waals surface area (Å²) < 4.78 is 1.09. The quantitative estimate of drug-likeness (QED) is 0.800. The molecule has 1 fully saturated rings. The molecule has 1 saturated heterocycles. The molecule has 1 N–H and O–H groups in total. The fourth-order valence-corrected chi connectivity index (χ4v) is 3.53. The van der Waals surface area contributed by atoms with Gasteiger partial charge in [-0.1, -0.05) is 57.9 Å². The number of nitrogens with zero attached hydrogens (tertiary/aromatic N) is 2. The SMILES string of the molecule is Cc1ccc(C[NH+]2CCN(N=Cc3ccccc3Br)CC2)c(C)c1. The Balaban J connectivity index is 1.53. The van der Waals surface area contributed by atoms with E-state index in [1.165, 1.54) is 16.7 Å². The first-order chi connectivity index (χ1) is 11.6. The van der Waals surface area contributed by atoms with Crippen molar-refractivity contribution in [2.24, 2.45) is 5.10 Å². The van der Waals surface area contributed by atoms with Crippen LogP contribution >= 0.6 is 15.9 Å². The molecule has 1 aliphatic rings. The fraction of sp³-hybridized carbons (Fsp3) is 0.350. The van der Waals surface area contributed by atoms with E-state index >= 15 is 0 Å². The summed E-state index contributed by atoms with van der Waals surface area (Å²) in [7, 11) is 0. The van der Waals surface area contributed by atoms with Crippen LogP contribution in [0.25, 0.3) is 0 Å². The third kappa shape index (κ3) is 4.46. The number of quaternary nitrogens is 1. The maximum Gasteiger partial charge on any atom is 0.103 e. The number of halogens is 1. The second-order valence-electron chi connectivity index (χ2n) is 6.58. The second-order valence-corrected chi connectivity index (χ2v) is 7.43. The van der Waals surface area contributed by atoms with Crippen molar-refractivity contribution in [3.8, 4) is 0 Å². The summed E-state index contributed by atoms with van der Waals surface area (Å²) in [6.07, 6.45) is 1.96. The van der Waals surface area contributed by atoms with Crippen molar-refractivity contribution in [3.05, 3.63) is 69.2 Å². The van der Waals surface area contributed by atoms with Crippen molar-refractivity contribution in [1.29, 1.82) is 0 Å². The van der Waals surface area contributed by atoms with E-state index in [9.17, 15) is 0 Å². The molecule has 3 rings (SSSR count). The van der Waals surface area contributed by atoms with E-state index in [4.69, 9.17) is 0 Å². The largest absolute Gasteiger partial charge is 0.328 e. The van der Waals surface area contributed by atoms with E-state index in [1.54, 1.807) is 4.90 Å². The van der Waals surface area contributed by atoms with Gasteiger partial charge in [0.25, 0.3) is 0 Å². The molecular weight excluding hydrogens is 362 g/mol. The van der Waals surface area contributed by atoms with Crippen LogP contribution in [0.1, 0.15) is 22.3 Å². The molecule has 0 bridgehead atoms. The van der Waals surface area contributed by atoms with Crippen molar-refractivity contribution in [2.75, 3.05) is 26.2 Å². The fourth-order valence-electron chi connectivity index (χ4n) is 3.14. The van der Waals surface area contributed by atoms with Crippen molar-refractivity contribution in [3.63, 3.8) is 0 Å². The lowest BCUT2D eigenvalue weighted by molar-refractivity contribution is -0.918. The van der Waals surface area contributed by atoms with Crippen LogP contribution in [0.2, 0.25) is 0 Å². The number of piperazine rings is 1.